The fraction of sp³-hybridized carbons (Fsp3) is 0.214. The van der Waals surface area contributed by atoms with Crippen molar-refractivity contribution in [2.75, 3.05) is 6.61 Å². The Bertz CT molecular complexity index is 773. The summed E-state index contributed by atoms with van der Waals surface area (Å²) < 4.78 is 12.0. The molecule has 3 aromatic rings. The second-order valence-corrected chi connectivity index (χ2v) is 4.22. The smallest absolute Gasteiger partial charge is 0.360 e. The van der Waals surface area contributed by atoms with Crippen LogP contribution < -0.4 is 0 Å². The quantitative estimate of drug-likeness (QED) is 0.684. The van der Waals surface area contributed by atoms with Crippen LogP contribution in [0, 0.1) is 6.92 Å². The molecule has 0 radical (unpaired) electrons. The highest BCUT2D eigenvalue weighted by Gasteiger charge is 2.17. The van der Waals surface area contributed by atoms with E-state index >= 15 is 0 Å². The number of benzene rings is 1. The van der Waals surface area contributed by atoms with Gasteiger partial charge < -0.3 is 9.15 Å². The van der Waals surface area contributed by atoms with Crippen LogP contribution >= 0.6 is 0 Å². The zero-order valence-corrected chi connectivity index (χ0v) is 11.2. The van der Waals surface area contributed by atoms with E-state index in [0.29, 0.717) is 12.6 Å². The van der Waals surface area contributed by atoms with Gasteiger partial charge in [-0.2, -0.15) is 4.98 Å². The number of hydrogen-bond acceptors (Lipinski definition) is 5. The molecule has 20 heavy (non-hydrogen) atoms. The van der Waals surface area contributed by atoms with Gasteiger partial charge >= 0.3 is 12.0 Å². The molecular weight excluding hydrogens is 258 g/mol. The number of carbonyl (C=O) groups is 1. The molecule has 2 heterocycles. The highest BCUT2D eigenvalue weighted by Crippen LogP contribution is 2.20. The molecule has 2 aromatic heterocycles. The minimum absolute atomic E-state index is 0.152. The Morgan fingerprint density at radius 3 is 2.95 bits per heavy atom. The van der Waals surface area contributed by atoms with Crippen molar-refractivity contribution in [3.8, 4) is 6.01 Å². The fourth-order valence-corrected chi connectivity index (χ4v) is 2.05. The predicted molar refractivity (Wildman–Crippen MR) is 71.8 cm³/mol. The lowest BCUT2D eigenvalue weighted by Gasteiger charge is -1.99. The first-order valence-corrected chi connectivity index (χ1v) is 6.28. The number of aryl methyl sites for hydroxylation is 1. The molecule has 0 aliphatic heterocycles. The molecule has 0 N–H and O–H groups in total. The van der Waals surface area contributed by atoms with Gasteiger partial charge in [0.25, 0.3) is 0 Å². The fourth-order valence-electron chi connectivity index (χ4n) is 2.05. The largest absolute Gasteiger partial charge is 0.461 e. The van der Waals surface area contributed by atoms with Crippen LogP contribution in [0.5, 0.6) is 0 Å². The van der Waals surface area contributed by atoms with Crippen LogP contribution in [0.4, 0.5) is 0 Å². The van der Waals surface area contributed by atoms with Crippen LogP contribution in [0.3, 0.4) is 0 Å². The molecule has 0 atom stereocenters. The average molecular weight is 271 g/mol. The number of oxazole rings is 1. The number of hydrogen-bond donors (Lipinski definition) is 0. The Morgan fingerprint density at radius 1 is 1.35 bits per heavy atom. The standard InChI is InChI=1S/C14H13N3O3/c1-3-19-13(18)11-8-20-14(16-11)17-9(2)15-10-6-4-5-7-12(10)17/h4-8H,3H2,1-2H3. The van der Waals surface area contributed by atoms with Crippen molar-refractivity contribution in [3.63, 3.8) is 0 Å². The van der Waals surface area contributed by atoms with Crippen molar-refractivity contribution in [1.29, 1.82) is 0 Å². The number of aromatic nitrogens is 3. The number of nitrogens with zero attached hydrogens (tertiary/aromatic N) is 3. The SMILES string of the molecule is CCOC(=O)c1coc(-n2c(C)nc3ccccc32)n1. The van der Waals surface area contributed by atoms with E-state index in [2.05, 4.69) is 9.97 Å². The number of fused-ring (bicyclic) bond motifs is 1. The van der Waals surface area contributed by atoms with Gasteiger partial charge in [-0.25, -0.2) is 14.3 Å². The lowest BCUT2D eigenvalue weighted by atomic mass is 10.3. The highest BCUT2D eigenvalue weighted by molar-refractivity contribution is 5.87. The third-order valence-electron chi connectivity index (χ3n) is 2.90. The number of para-hydroxylation sites is 2. The van der Waals surface area contributed by atoms with Crippen molar-refractivity contribution in [2.24, 2.45) is 0 Å². The molecule has 1 aromatic carbocycles. The van der Waals surface area contributed by atoms with E-state index in [0.717, 1.165) is 16.9 Å². The van der Waals surface area contributed by atoms with E-state index in [4.69, 9.17) is 9.15 Å². The average Bonchev–Trinajstić information content (AvgIpc) is 3.01. The van der Waals surface area contributed by atoms with Crippen molar-refractivity contribution < 1.29 is 13.9 Å². The molecule has 0 spiro atoms. The Morgan fingerprint density at radius 2 is 2.15 bits per heavy atom. The third-order valence-corrected chi connectivity index (χ3v) is 2.90. The van der Waals surface area contributed by atoms with Gasteiger partial charge in [-0.3, -0.25) is 0 Å². The van der Waals surface area contributed by atoms with Crippen LogP contribution in [0.15, 0.2) is 34.9 Å². The Hall–Kier alpha value is -2.63. The summed E-state index contributed by atoms with van der Waals surface area (Å²) in [5.74, 6) is 0.244. The number of imidazole rings is 1. The summed E-state index contributed by atoms with van der Waals surface area (Å²) in [5.41, 5.74) is 1.88. The van der Waals surface area contributed by atoms with Crippen LogP contribution in [0.2, 0.25) is 0 Å². The first kappa shape index (κ1) is 12.4. The van der Waals surface area contributed by atoms with Crippen molar-refractivity contribution in [3.05, 3.63) is 42.0 Å². The second-order valence-electron chi connectivity index (χ2n) is 4.22. The number of esters is 1. The monoisotopic (exact) mass is 271 g/mol. The zero-order valence-electron chi connectivity index (χ0n) is 11.2. The number of ether oxygens (including phenoxy) is 1. The summed E-state index contributed by atoms with van der Waals surface area (Å²) >= 11 is 0. The van der Waals surface area contributed by atoms with Crippen molar-refractivity contribution in [1.82, 2.24) is 14.5 Å². The van der Waals surface area contributed by atoms with Crippen LogP contribution in [-0.2, 0) is 4.74 Å². The summed E-state index contributed by atoms with van der Waals surface area (Å²) in [4.78, 5) is 20.2. The van der Waals surface area contributed by atoms with E-state index in [1.807, 2.05) is 31.2 Å². The maximum atomic E-state index is 11.6. The molecule has 102 valence electrons. The minimum atomic E-state index is -0.496. The van der Waals surface area contributed by atoms with Crippen LogP contribution in [0.1, 0.15) is 23.2 Å². The molecule has 6 nitrogen and oxygen atoms in total. The maximum Gasteiger partial charge on any atom is 0.360 e. The molecular formula is C14H13N3O3. The van der Waals surface area contributed by atoms with Gasteiger partial charge in [-0.05, 0) is 26.0 Å². The molecule has 6 heteroatoms. The lowest BCUT2D eigenvalue weighted by Crippen LogP contribution is -2.05. The van der Waals surface area contributed by atoms with E-state index in [-0.39, 0.29) is 5.69 Å². The summed E-state index contributed by atoms with van der Waals surface area (Å²) in [6.07, 6.45) is 1.29. The van der Waals surface area contributed by atoms with Crippen molar-refractivity contribution in [2.45, 2.75) is 13.8 Å². The first-order valence-electron chi connectivity index (χ1n) is 6.28. The molecule has 0 aliphatic carbocycles. The molecule has 0 unspecified atom stereocenters. The Kier molecular flexibility index (Phi) is 2.98. The topological polar surface area (TPSA) is 70.2 Å². The third kappa shape index (κ3) is 1.95. The van der Waals surface area contributed by atoms with Gasteiger partial charge in [0.2, 0.25) is 0 Å². The van der Waals surface area contributed by atoms with Gasteiger partial charge in [-0.15, -0.1) is 0 Å². The molecule has 0 saturated carbocycles. The van der Waals surface area contributed by atoms with Crippen LogP contribution in [0.25, 0.3) is 17.0 Å². The number of carbonyl (C=O) groups excluding carboxylic acids is 1. The highest BCUT2D eigenvalue weighted by atomic mass is 16.5. The molecule has 0 amide bonds. The van der Waals surface area contributed by atoms with E-state index < -0.39 is 5.97 Å². The zero-order chi connectivity index (χ0) is 14.1. The van der Waals surface area contributed by atoms with E-state index in [1.165, 1.54) is 6.26 Å². The molecule has 0 bridgehead atoms. The first-order chi connectivity index (χ1) is 9.70. The molecule has 0 aliphatic rings. The second kappa shape index (κ2) is 4.80. The Labute approximate surface area is 115 Å². The Balaban J connectivity index is 2.08. The lowest BCUT2D eigenvalue weighted by molar-refractivity contribution is 0.0519. The minimum Gasteiger partial charge on any atom is -0.461 e. The summed E-state index contributed by atoms with van der Waals surface area (Å²) in [5, 5.41) is 0. The number of rotatable bonds is 3. The maximum absolute atomic E-state index is 11.6. The summed E-state index contributed by atoms with van der Waals surface area (Å²) in [6, 6.07) is 7.96. The van der Waals surface area contributed by atoms with Gasteiger partial charge in [0, 0.05) is 0 Å². The normalized spacial score (nSPS) is 10.9. The van der Waals surface area contributed by atoms with Gasteiger partial charge in [-0.1, -0.05) is 12.1 Å². The van der Waals surface area contributed by atoms with Gasteiger partial charge in [0.15, 0.2) is 5.69 Å². The predicted octanol–water partition coefficient (Wildman–Crippen LogP) is 2.50. The molecule has 3 rings (SSSR count). The van der Waals surface area contributed by atoms with Crippen LogP contribution in [-0.4, -0.2) is 27.1 Å². The summed E-state index contributed by atoms with van der Waals surface area (Å²) in [6.45, 7) is 3.90. The summed E-state index contributed by atoms with van der Waals surface area (Å²) in [7, 11) is 0. The van der Waals surface area contributed by atoms with Crippen molar-refractivity contribution >= 4 is 17.0 Å². The molecule has 0 saturated heterocycles. The van der Waals surface area contributed by atoms with Gasteiger partial charge in [0.05, 0.1) is 17.6 Å². The van der Waals surface area contributed by atoms with Gasteiger partial charge in [0.1, 0.15) is 12.1 Å². The molecule has 0 fully saturated rings. The van der Waals surface area contributed by atoms with E-state index in [9.17, 15) is 4.79 Å². The van der Waals surface area contributed by atoms with E-state index in [1.54, 1.807) is 11.5 Å².